The topological polar surface area (TPSA) is 38.8 Å². The third-order valence-corrected chi connectivity index (χ3v) is 3.33. The molecule has 0 amide bonds. The van der Waals surface area contributed by atoms with Gasteiger partial charge in [-0.1, -0.05) is 0 Å². The molecule has 1 heterocycles. The van der Waals surface area contributed by atoms with Crippen molar-refractivity contribution in [1.29, 1.82) is 0 Å². The van der Waals surface area contributed by atoms with Gasteiger partial charge in [0.1, 0.15) is 5.60 Å². The van der Waals surface area contributed by atoms with E-state index >= 15 is 0 Å². The van der Waals surface area contributed by atoms with E-state index in [1.807, 2.05) is 20.8 Å². The Morgan fingerprint density at radius 2 is 1.69 bits per heavy atom. The van der Waals surface area contributed by atoms with Crippen LogP contribution in [0, 0.1) is 5.41 Å². The van der Waals surface area contributed by atoms with E-state index in [1.165, 1.54) is 12.8 Å². The fraction of sp³-hybridized carbons (Fsp3) is 0.917. The Balaban J connectivity index is 1.72. The monoisotopic (exact) mass is 227 g/mol. The molecule has 1 saturated heterocycles. The molecule has 1 spiro atoms. The Hall–Kier alpha value is -0.770. The zero-order valence-electron chi connectivity index (χ0n) is 10.4. The lowest BCUT2D eigenvalue weighted by molar-refractivity contribution is -0.157. The van der Waals surface area contributed by atoms with Crippen LogP contribution in [0.2, 0.25) is 0 Å². The first kappa shape index (κ1) is 11.7. The molecule has 0 atom stereocenters. The fourth-order valence-corrected chi connectivity index (χ4v) is 2.10. The van der Waals surface area contributed by atoms with Gasteiger partial charge in [-0.2, -0.15) is 0 Å². The molecular weight excluding hydrogens is 206 g/mol. The first-order chi connectivity index (χ1) is 7.39. The number of carbonyl (C=O) groups excluding carboxylic acids is 1. The quantitative estimate of drug-likeness (QED) is 0.646. The van der Waals surface area contributed by atoms with Gasteiger partial charge in [0.05, 0.1) is 0 Å². The van der Waals surface area contributed by atoms with E-state index in [0.717, 1.165) is 25.9 Å². The Bertz CT molecular complexity index is 268. The molecule has 2 aliphatic rings. The van der Waals surface area contributed by atoms with E-state index in [0.29, 0.717) is 5.41 Å². The van der Waals surface area contributed by atoms with Crippen LogP contribution in [-0.4, -0.2) is 29.9 Å². The molecule has 0 aromatic rings. The summed E-state index contributed by atoms with van der Waals surface area (Å²) in [7, 11) is 0. The number of piperidine rings is 1. The van der Waals surface area contributed by atoms with Crippen LogP contribution < -0.4 is 0 Å². The third kappa shape index (κ3) is 3.11. The number of rotatable bonds is 1. The van der Waals surface area contributed by atoms with Gasteiger partial charge in [-0.15, -0.1) is 5.06 Å². The molecule has 0 aromatic carbocycles. The standard InChI is InChI=1S/C12H21NO3/c1-11(2,3)15-10(14)16-13-8-6-12(4-5-12)7-9-13/h4-9H2,1-3H3. The maximum atomic E-state index is 11.4. The molecule has 2 rings (SSSR count). The highest BCUT2D eigenvalue weighted by molar-refractivity contribution is 5.60. The van der Waals surface area contributed by atoms with E-state index in [4.69, 9.17) is 9.57 Å². The smallest absolute Gasteiger partial charge is 0.427 e. The van der Waals surface area contributed by atoms with Crippen molar-refractivity contribution in [3.8, 4) is 0 Å². The van der Waals surface area contributed by atoms with Crippen LogP contribution in [-0.2, 0) is 9.57 Å². The van der Waals surface area contributed by atoms with Crippen molar-refractivity contribution in [2.75, 3.05) is 13.1 Å². The number of hydrogen-bond acceptors (Lipinski definition) is 4. The zero-order valence-corrected chi connectivity index (χ0v) is 10.4. The minimum atomic E-state index is -0.584. The maximum Gasteiger partial charge on any atom is 0.528 e. The molecule has 0 unspecified atom stereocenters. The average molecular weight is 227 g/mol. The van der Waals surface area contributed by atoms with Gasteiger partial charge in [0.2, 0.25) is 0 Å². The van der Waals surface area contributed by atoms with Gasteiger partial charge in [0, 0.05) is 13.1 Å². The normalized spacial score (nSPS) is 24.2. The summed E-state index contributed by atoms with van der Waals surface area (Å²) in [5, 5.41) is 1.73. The molecular formula is C12H21NO3. The largest absolute Gasteiger partial charge is 0.528 e. The summed E-state index contributed by atoms with van der Waals surface area (Å²) in [6, 6.07) is 0. The van der Waals surface area contributed by atoms with Crippen molar-refractivity contribution in [1.82, 2.24) is 5.06 Å². The predicted molar refractivity (Wildman–Crippen MR) is 59.8 cm³/mol. The van der Waals surface area contributed by atoms with E-state index < -0.39 is 11.8 Å². The summed E-state index contributed by atoms with van der Waals surface area (Å²) in [6.45, 7) is 7.20. The third-order valence-electron chi connectivity index (χ3n) is 3.33. The lowest BCUT2D eigenvalue weighted by Gasteiger charge is -2.30. The van der Waals surface area contributed by atoms with Crippen LogP contribution in [0.1, 0.15) is 46.5 Å². The molecule has 0 radical (unpaired) electrons. The Labute approximate surface area is 96.8 Å². The minimum Gasteiger partial charge on any atom is -0.427 e. The first-order valence-electron chi connectivity index (χ1n) is 6.05. The summed E-state index contributed by atoms with van der Waals surface area (Å²) >= 11 is 0. The van der Waals surface area contributed by atoms with Gasteiger partial charge in [0.15, 0.2) is 0 Å². The number of carbonyl (C=O) groups is 1. The van der Waals surface area contributed by atoms with E-state index in [2.05, 4.69) is 0 Å². The SMILES string of the molecule is CC(C)(C)OC(=O)ON1CCC2(CC1)CC2. The molecule has 2 fully saturated rings. The summed E-state index contributed by atoms with van der Waals surface area (Å²) in [5.74, 6) is 0. The Kier molecular flexibility index (Phi) is 2.86. The molecule has 92 valence electrons. The molecule has 1 aliphatic carbocycles. The summed E-state index contributed by atoms with van der Waals surface area (Å²) in [4.78, 5) is 16.6. The molecule has 0 N–H and O–H groups in total. The lowest BCUT2D eigenvalue weighted by atomic mass is 9.95. The minimum absolute atomic E-state index is 0.482. The van der Waals surface area contributed by atoms with E-state index in [-0.39, 0.29) is 0 Å². The summed E-state index contributed by atoms with van der Waals surface area (Å²) in [5.41, 5.74) is 0.123. The number of hydrogen-bond donors (Lipinski definition) is 0. The number of nitrogens with zero attached hydrogens (tertiary/aromatic N) is 1. The van der Waals surface area contributed by atoms with Crippen molar-refractivity contribution in [3.05, 3.63) is 0 Å². The van der Waals surface area contributed by atoms with Crippen molar-refractivity contribution >= 4 is 6.16 Å². The van der Waals surface area contributed by atoms with Gasteiger partial charge < -0.3 is 9.57 Å². The fourth-order valence-electron chi connectivity index (χ4n) is 2.10. The zero-order chi connectivity index (χ0) is 11.8. The Morgan fingerprint density at radius 3 is 2.12 bits per heavy atom. The van der Waals surface area contributed by atoms with Crippen molar-refractivity contribution in [3.63, 3.8) is 0 Å². The van der Waals surface area contributed by atoms with Crippen molar-refractivity contribution in [2.24, 2.45) is 5.41 Å². The maximum absolute atomic E-state index is 11.4. The van der Waals surface area contributed by atoms with Gasteiger partial charge in [-0.05, 0) is 51.9 Å². The lowest BCUT2D eigenvalue weighted by Crippen LogP contribution is -2.38. The number of ether oxygens (including phenoxy) is 1. The predicted octanol–water partition coefficient (Wildman–Crippen LogP) is 2.73. The van der Waals surface area contributed by atoms with E-state index in [9.17, 15) is 4.79 Å². The second-order valence-electron chi connectivity index (χ2n) is 5.98. The second-order valence-corrected chi connectivity index (χ2v) is 5.98. The molecule has 1 saturated carbocycles. The van der Waals surface area contributed by atoms with Gasteiger partial charge in [0.25, 0.3) is 0 Å². The van der Waals surface area contributed by atoms with Gasteiger partial charge in [-0.3, -0.25) is 0 Å². The summed E-state index contributed by atoms with van der Waals surface area (Å²) < 4.78 is 5.11. The summed E-state index contributed by atoms with van der Waals surface area (Å²) in [6.07, 6.45) is 4.42. The van der Waals surface area contributed by atoms with Crippen LogP contribution in [0.15, 0.2) is 0 Å². The highest BCUT2D eigenvalue weighted by atomic mass is 16.8. The molecule has 1 aliphatic heterocycles. The van der Waals surface area contributed by atoms with E-state index in [1.54, 1.807) is 5.06 Å². The highest BCUT2D eigenvalue weighted by Gasteiger charge is 2.45. The molecule has 4 heteroatoms. The van der Waals surface area contributed by atoms with Crippen LogP contribution in [0.4, 0.5) is 4.79 Å². The van der Waals surface area contributed by atoms with Crippen molar-refractivity contribution < 1.29 is 14.4 Å². The highest BCUT2D eigenvalue weighted by Crippen LogP contribution is 2.53. The van der Waals surface area contributed by atoms with Gasteiger partial charge >= 0.3 is 6.16 Å². The second kappa shape index (κ2) is 3.91. The van der Waals surface area contributed by atoms with Crippen LogP contribution in [0.5, 0.6) is 0 Å². The first-order valence-corrected chi connectivity index (χ1v) is 6.05. The van der Waals surface area contributed by atoms with Crippen LogP contribution in [0.25, 0.3) is 0 Å². The molecule has 0 bridgehead atoms. The van der Waals surface area contributed by atoms with Crippen LogP contribution in [0.3, 0.4) is 0 Å². The molecule has 16 heavy (non-hydrogen) atoms. The van der Waals surface area contributed by atoms with Crippen LogP contribution >= 0.6 is 0 Å². The Morgan fingerprint density at radius 1 is 1.12 bits per heavy atom. The average Bonchev–Trinajstić information content (AvgIpc) is 2.87. The number of hydroxylamine groups is 2. The molecule has 4 nitrogen and oxygen atoms in total. The van der Waals surface area contributed by atoms with Gasteiger partial charge in [-0.25, -0.2) is 4.79 Å². The van der Waals surface area contributed by atoms with Crippen molar-refractivity contribution in [2.45, 2.75) is 52.1 Å². The molecule has 0 aromatic heterocycles.